The Balaban J connectivity index is 2.01. The highest BCUT2D eigenvalue weighted by Crippen LogP contribution is 2.19. The standard InChI is InChI=1S/C17H19ClN2S/c1-11-5-4-6-16(12(11)2)20-17(21)19-13(3)14-7-9-15(18)10-8-14/h4-10,13H,1-3H3,(H2,19,20,21)/t13-/m0/s1. The highest BCUT2D eigenvalue weighted by molar-refractivity contribution is 7.80. The Labute approximate surface area is 136 Å². The summed E-state index contributed by atoms with van der Waals surface area (Å²) in [6.45, 7) is 6.25. The van der Waals surface area contributed by atoms with Crippen LogP contribution in [0.1, 0.15) is 29.7 Å². The Morgan fingerprint density at radius 3 is 2.43 bits per heavy atom. The van der Waals surface area contributed by atoms with E-state index in [1.165, 1.54) is 11.1 Å². The van der Waals surface area contributed by atoms with Crippen molar-refractivity contribution < 1.29 is 0 Å². The summed E-state index contributed by atoms with van der Waals surface area (Å²) < 4.78 is 0. The number of hydrogen-bond donors (Lipinski definition) is 2. The quantitative estimate of drug-likeness (QED) is 0.778. The molecule has 0 fully saturated rings. The molecular formula is C17H19ClN2S. The molecule has 0 bridgehead atoms. The molecule has 0 amide bonds. The van der Waals surface area contributed by atoms with Gasteiger partial charge in [0.15, 0.2) is 5.11 Å². The van der Waals surface area contributed by atoms with Crippen molar-refractivity contribution in [3.8, 4) is 0 Å². The predicted molar refractivity (Wildman–Crippen MR) is 95.1 cm³/mol. The zero-order valence-corrected chi connectivity index (χ0v) is 14.0. The molecule has 0 radical (unpaired) electrons. The fraction of sp³-hybridized carbons (Fsp3) is 0.235. The number of halogens is 1. The third-order valence-electron chi connectivity index (χ3n) is 3.57. The number of nitrogens with one attached hydrogen (secondary N) is 2. The van der Waals surface area contributed by atoms with E-state index in [4.69, 9.17) is 23.8 Å². The average molecular weight is 319 g/mol. The van der Waals surface area contributed by atoms with Gasteiger partial charge in [0.2, 0.25) is 0 Å². The molecule has 4 heteroatoms. The first-order valence-electron chi connectivity index (χ1n) is 6.86. The van der Waals surface area contributed by atoms with Crippen LogP contribution in [0.5, 0.6) is 0 Å². The van der Waals surface area contributed by atoms with Crippen LogP contribution in [0.15, 0.2) is 42.5 Å². The SMILES string of the molecule is Cc1cccc(NC(=S)N[C@@H](C)c2ccc(Cl)cc2)c1C. The van der Waals surface area contributed by atoms with Gasteiger partial charge in [-0.3, -0.25) is 0 Å². The van der Waals surface area contributed by atoms with Gasteiger partial charge in [-0.25, -0.2) is 0 Å². The molecule has 0 aliphatic heterocycles. The lowest BCUT2D eigenvalue weighted by Crippen LogP contribution is -2.31. The van der Waals surface area contributed by atoms with Crippen LogP contribution in [-0.4, -0.2) is 5.11 Å². The highest BCUT2D eigenvalue weighted by atomic mass is 35.5. The zero-order valence-electron chi connectivity index (χ0n) is 12.4. The molecule has 0 heterocycles. The molecule has 2 nitrogen and oxygen atoms in total. The summed E-state index contributed by atoms with van der Waals surface area (Å²) in [4.78, 5) is 0. The Morgan fingerprint density at radius 2 is 1.76 bits per heavy atom. The molecule has 1 atom stereocenters. The number of hydrogen-bond acceptors (Lipinski definition) is 1. The molecule has 2 aromatic rings. The lowest BCUT2D eigenvalue weighted by Gasteiger charge is -2.18. The van der Waals surface area contributed by atoms with Gasteiger partial charge in [-0.05, 0) is 67.9 Å². The fourth-order valence-corrected chi connectivity index (χ4v) is 2.49. The third-order valence-corrected chi connectivity index (χ3v) is 4.04. The van der Waals surface area contributed by atoms with E-state index in [-0.39, 0.29) is 6.04 Å². The van der Waals surface area contributed by atoms with Crippen molar-refractivity contribution in [1.29, 1.82) is 0 Å². The molecule has 0 aliphatic carbocycles. The van der Waals surface area contributed by atoms with Crippen molar-refractivity contribution in [3.05, 3.63) is 64.2 Å². The van der Waals surface area contributed by atoms with Crippen LogP contribution in [0, 0.1) is 13.8 Å². The van der Waals surface area contributed by atoms with Crippen molar-refractivity contribution >= 4 is 34.6 Å². The summed E-state index contributed by atoms with van der Waals surface area (Å²) in [5.41, 5.74) is 4.63. The Kier molecular flexibility index (Phi) is 5.21. The molecule has 0 saturated carbocycles. The minimum Gasteiger partial charge on any atom is -0.356 e. The number of benzene rings is 2. The van der Waals surface area contributed by atoms with Gasteiger partial charge in [-0.2, -0.15) is 0 Å². The van der Waals surface area contributed by atoms with E-state index in [1.807, 2.05) is 36.4 Å². The van der Waals surface area contributed by atoms with Gasteiger partial charge >= 0.3 is 0 Å². The molecule has 2 aromatic carbocycles. The summed E-state index contributed by atoms with van der Waals surface area (Å²) in [6, 6.07) is 14.0. The van der Waals surface area contributed by atoms with Crippen LogP contribution >= 0.6 is 23.8 Å². The molecule has 0 unspecified atom stereocenters. The van der Waals surface area contributed by atoms with Gasteiger partial charge in [0.1, 0.15) is 0 Å². The van der Waals surface area contributed by atoms with Gasteiger partial charge in [-0.15, -0.1) is 0 Å². The lowest BCUT2D eigenvalue weighted by molar-refractivity contribution is 0.722. The molecule has 0 aromatic heterocycles. The first-order valence-corrected chi connectivity index (χ1v) is 7.65. The second-order valence-electron chi connectivity index (χ2n) is 5.12. The molecule has 2 rings (SSSR count). The normalized spacial score (nSPS) is 11.8. The van der Waals surface area contributed by atoms with E-state index in [0.29, 0.717) is 5.11 Å². The molecule has 2 N–H and O–H groups in total. The van der Waals surface area contributed by atoms with Crippen LogP contribution in [-0.2, 0) is 0 Å². The van der Waals surface area contributed by atoms with E-state index in [9.17, 15) is 0 Å². The van der Waals surface area contributed by atoms with Crippen molar-refractivity contribution in [2.75, 3.05) is 5.32 Å². The van der Waals surface area contributed by atoms with Crippen molar-refractivity contribution in [2.24, 2.45) is 0 Å². The van der Waals surface area contributed by atoms with Gasteiger partial charge in [0.05, 0.1) is 6.04 Å². The van der Waals surface area contributed by atoms with Crippen molar-refractivity contribution in [2.45, 2.75) is 26.8 Å². The van der Waals surface area contributed by atoms with Gasteiger partial charge in [0.25, 0.3) is 0 Å². The maximum Gasteiger partial charge on any atom is 0.171 e. The van der Waals surface area contributed by atoms with Gasteiger partial charge in [-0.1, -0.05) is 35.9 Å². The smallest absolute Gasteiger partial charge is 0.171 e. The van der Waals surface area contributed by atoms with Crippen LogP contribution in [0.3, 0.4) is 0 Å². The second kappa shape index (κ2) is 6.92. The summed E-state index contributed by atoms with van der Waals surface area (Å²) in [5.74, 6) is 0. The van der Waals surface area contributed by atoms with E-state index in [0.717, 1.165) is 16.3 Å². The van der Waals surface area contributed by atoms with E-state index >= 15 is 0 Å². The minimum absolute atomic E-state index is 0.118. The van der Waals surface area contributed by atoms with Crippen molar-refractivity contribution in [1.82, 2.24) is 5.32 Å². The molecular weight excluding hydrogens is 300 g/mol. The highest BCUT2D eigenvalue weighted by Gasteiger charge is 2.08. The first kappa shape index (κ1) is 15.8. The average Bonchev–Trinajstić information content (AvgIpc) is 2.44. The summed E-state index contributed by atoms with van der Waals surface area (Å²) in [7, 11) is 0. The third kappa shape index (κ3) is 4.19. The Bertz CT molecular complexity index is 638. The molecule has 0 spiro atoms. The summed E-state index contributed by atoms with van der Waals surface area (Å²) in [5, 5.41) is 7.90. The minimum atomic E-state index is 0.118. The van der Waals surface area contributed by atoms with E-state index < -0.39 is 0 Å². The topological polar surface area (TPSA) is 24.1 Å². The zero-order chi connectivity index (χ0) is 15.4. The van der Waals surface area contributed by atoms with E-state index in [1.54, 1.807) is 0 Å². The Hall–Kier alpha value is -1.58. The lowest BCUT2D eigenvalue weighted by atomic mass is 10.1. The maximum atomic E-state index is 5.90. The van der Waals surface area contributed by atoms with Crippen molar-refractivity contribution in [3.63, 3.8) is 0 Å². The molecule has 0 saturated heterocycles. The molecule has 0 aliphatic rings. The number of rotatable bonds is 3. The number of anilines is 1. The molecule has 110 valence electrons. The number of thiocarbonyl (C=S) groups is 1. The van der Waals surface area contributed by atoms with Crippen LogP contribution in [0.2, 0.25) is 5.02 Å². The van der Waals surface area contributed by atoms with Gasteiger partial charge < -0.3 is 10.6 Å². The van der Waals surface area contributed by atoms with Crippen LogP contribution < -0.4 is 10.6 Å². The number of aryl methyl sites for hydroxylation is 1. The Morgan fingerprint density at radius 1 is 1.10 bits per heavy atom. The van der Waals surface area contributed by atoms with E-state index in [2.05, 4.69) is 37.5 Å². The summed E-state index contributed by atoms with van der Waals surface area (Å²) >= 11 is 11.3. The predicted octanol–water partition coefficient (Wildman–Crippen LogP) is 5.00. The van der Waals surface area contributed by atoms with Crippen LogP contribution in [0.4, 0.5) is 5.69 Å². The maximum absolute atomic E-state index is 5.90. The fourth-order valence-electron chi connectivity index (χ4n) is 2.08. The molecule has 21 heavy (non-hydrogen) atoms. The largest absolute Gasteiger partial charge is 0.356 e. The monoisotopic (exact) mass is 318 g/mol. The second-order valence-corrected chi connectivity index (χ2v) is 5.96. The summed E-state index contributed by atoms with van der Waals surface area (Å²) in [6.07, 6.45) is 0. The van der Waals surface area contributed by atoms with Crippen LogP contribution in [0.25, 0.3) is 0 Å². The first-order chi connectivity index (χ1) is 9.97. The van der Waals surface area contributed by atoms with Gasteiger partial charge in [0, 0.05) is 10.7 Å².